The monoisotopic (exact) mass is 324 g/mol. The summed E-state index contributed by atoms with van der Waals surface area (Å²) in [5.74, 6) is 0.812. The van der Waals surface area contributed by atoms with Crippen molar-refractivity contribution in [3.63, 3.8) is 0 Å². The molecule has 0 spiro atoms. The SMILES string of the molecule is COc1cccc(/C=C/C(=O)Nc2ccc3c(c2)NC(=O)CO3)c1. The van der Waals surface area contributed by atoms with Gasteiger partial charge in [0.15, 0.2) is 6.61 Å². The highest BCUT2D eigenvalue weighted by atomic mass is 16.5. The van der Waals surface area contributed by atoms with Crippen LogP contribution in [0.25, 0.3) is 6.08 Å². The second-order valence-electron chi connectivity index (χ2n) is 5.15. The zero-order valence-corrected chi connectivity index (χ0v) is 13.0. The van der Waals surface area contributed by atoms with Crippen LogP contribution in [0.1, 0.15) is 5.56 Å². The molecule has 0 bridgehead atoms. The van der Waals surface area contributed by atoms with E-state index in [9.17, 15) is 9.59 Å². The first-order valence-electron chi connectivity index (χ1n) is 7.34. The summed E-state index contributed by atoms with van der Waals surface area (Å²) in [6, 6.07) is 12.5. The molecule has 0 saturated heterocycles. The fourth-order valence-corrected chi connectivity index (χ4v) is 2.26. The smallest absolute Gasteiger partial charge is 0.262 e. The molecule has 0 atom stereocenters. The van der Waals surface area contributed by atoms with Crippen molar-refractivity contribution in [1.29, 1.82) is 0 Å². The fourth-order valence-electron chi connectivity index (χ4n) is 2.26. The first-order valence-corrected chi connectivity index (χ1v) is 7.34. The lowest BCUT2D eigenvalue weighted by atomic mass is 10.2. The molecule has 0 fully saturated rings. The topological polar surface area (TPSA) is 76.7 Å². The summed E-state index contributed by atoms with van der Waals surface area (Å²) in [5, 5.41) is 5.44. The molecule has 0 saturated carbocycles. The minimum Gasteiger partial charge on any atom is -0.497 e. The molecule has 1 aliphatic heterocycles. The molecule has 2 N–H and O–H groups in total. The summed E-state index contributed by atoms with van der Waals surface area (Å²) in [7, 11) is 1.59. The highest BCUT2D eigenvalue weighted by Gasteiger charge is 2.16. The summed E-state index contributed by atoms with van der Waals surface area (Å²) >= 11 is 0. The molecule has 0 aliphatic carbocycles. The number of carbonyl (C=O) groups excluding carboxylic acids is 2. The zero-order valence-electron chi connectivity index (χ0n) is 13.0. The molecular formula is C18H16N2O4. The number of carbonyl (C=O) groups is 2. The average Bonchev–Trinajstić information content (AvgIpc) is 2.60. The maximum atomic E-state index is 12.0. The van der Waals surface area contributed by atoms with Crippen LogP contribution in [-0.4, -0.2) is 25.5 Å². The Morgan fingerprint density at radius 1 is 1.29 bits per heavy atom. The number of amides is 2. The number of fused-ring (bicyclic) bond motifs is 1. The van der Waals surface area contributed by atoms with Gasteiger partial charge in [0.1, 0.15) is 11.5 Å². The van der Waals surface area contributed by atoms with E-state index in [0.29, 0.717) is 17.1 Å². The Bertz CT molecular complexity index is 814. The van der Waals surface area contributed by atoms with E-state index >= 15 is 0 Å². The third-order valence-electron chi connectivity index (χ3n) is 3.40. The summed E-state index contributed by atoms with van der Waals surface area (Å²) in [4.78, 5) is 23.4. The number of anilines is 2. The van der Waals surface area contributed by atoms with E-state index in [1.807, 2.05) is 24.3 Å². The van der Waals surface area contributed by atoms with Crippen LogP contribution >= 0.6 is 0 Å². The first kappa shape index (κ1) is 15.6. The van der Waals surface area contributed by atoms with Crippen molar-refractivity contribution in [3.05, 3.63) is 54.1 Å². The lowest BCUT2D eigenvalue weighted by Gasteiger charge is -2.18. The summed E-state index contributed by atoms with van der Waals surface area (Å²) in [6.45, 7) is 0.00197. The van der Waals surface area contributed by atoms with Gasteiger partial charge in [-0.25, -0.2) is 0 Å². The number of ether oxygens (including phenoxy) is 2. The number of hydrogen-bond donors (Lipinski definition) is 2. The number of hydrogen-bond acceptors (Lipinski definition) is 4. The minimum atomic E-state index is -0.277. The van der Waals surface area contributed by atoms with Gasteiger partial charge in [0.2, 0.25) is 5.91 Å². The van der Waals surface area contributed by atoms with Gasteiger partial charge >= 0.3 is 0 Å². The van der Waals surface area contributed by atoms with E-state index < -0.39 is 0 Å². The molecular weight excluding hydrogens is 308 g/mol. The lowest BCUT2D eigenvalue weighted by molar-refractivity contribution is -0.118. The minimum absolute atomic E-state index is 0.00197. The highest BCUT2D eigenvalue weighted by Crippen LogP contribution is 2.30. The Morgan fingerprint density at radius 2 is 2.17 bits per heavy atom. The molecule has 122 valence electrons. The van der Waals surface area contributed by atoms with Crippen LogP contribution in [0, 0.1) is 0 Å². The molecule has 0 unspecified atom stereocenters. The van der Waals surface area contributed by atoms with Crippen molar-refractivity contribution < 1.29 is 19.1 Å². The molecule has 3 rings (SSSR count). The van der Waals surface area contributed by atoms with Crippen LogP contribution in [0.3, 0.4) is 0 Å². The van der Waals surface area contributed by atoms with Gasteiger partial charge in [0, 0.05) is 11.8 Å². The van der Waals surface area contributed by atoms with Crippen molar-refractivity contribution in [2.75, 3.05) is 24.4 Å². The fraction of sp³-hybridized carbons (Fsp3) is 0.111. The number of rotatable bonds is 4. The molecule has 6 heteroatoms. The molecule has 24 heavy (non-hydrogen) atoms. The van der Waals surface area contributed by atoms with E-state index in [1.54, 1.807) is 31.4 Å². The quantitative estimate of drug-likeness (QED) is 0.848. The van der Waals surface area contributed by atoms with Crippen molar-refractivity contribution in [1.82, 2.24) is 0 Å². The standard InChI is InChI=1S/C18H16N2O4/c1-23-14-4-2-3-12(9-14)5-8-17(21)19-13-6-7-16-15(10-13)20-18(22)11-24-16/h2-10H,11H2,1H3,(H,19,21)(H,20,22)/b8-5+. The van der Waals surface area contributed by atoms with Crippen LogP contribution in [-0.2, 0) is 9.59 Å². The number of nitrogens with one attached hydrogen (secondary N) is 2. The third-order valence-corrected chi connectivity index (χ3v) is 3.40. The second kappa shape index (κ2) is 6.87. The van der Waals surface area contributed by atoms with Gasteiger partial charge < -0.3 is 20.1 Å². The average molecular weight is 324 g/mol. The van der Waals surface area contributed by atoms with Crippen LogP contribution in [0.2, 0.25) is 0 Å². The van der Waals surface area contributed by atoms with Crippen LogP contribution in [0.4, 0.5) is 11.4 Å². The summed E-state index contributed by atoms with van der Waals surface area (Å²) < 4.78 is 10.4. The van der Waals surface area contributed by atoms with Gasteiger partial charge in [0.25, 0.3) is 5.91 Å². The van der Waals surface area contributed by atoms with E-state index in [0.717, 1.165) is 11.3 Å². The van der Waals surface area contributed by atoms with Crippen LogP contribution in [0.15, 0.2) is 48.5 Å². The summed E-state index contributed by atoms with van der Waals surface area (Å²) in [6.07, 6.45) is 3.13. The molecule has 1 heterocycles. The molecule has 2 aromatic carbocycles. The molecule has 2 amide bonds. The Morgan fingerprint density at radius 3 is 3.00 bits per heavy atom. The predicted octanol–water partition coefficient (Wildman–Crippen LogP) is 2.68. The van der Waals surface area contributed by atoms with E-state index in [2.05, 4.69) is 10.6 Å². The van der Waals surface area contributed by atoms with Crippen molar-refractivity contribution in [3.8, 4) is 11.5 Å². The Kier molecular flexibility index (Phi) is 4.47. The second-order valence-corrected chi connectivity index (χ2v) is 5.15. The first-order chi connectivity index (χ1) is 11.6. The summed E-state index contributed by atoms with van der Waals surface area (Å²) in [5.41, 5.74) is 1.97. The van der Waals surface area contributed by atoms with Gasteiger partial charge in [-0.05, 0) is 42.0 Å². The predicted molar refractivity (Wildman–Crippen MR) is 91.2 cm³/mol. The van der Waals surface area contributed by atoms with Gasteiger partial charge in [-0.3, -0.25) is 9.59 Å². The van der Waals surface area contributed by atoms with Crippen molar-refractivity contribution in [2.24, 2.45) is 0 Å². The highest BCUT2D eigenvalue weighted by molar-refractivity contribution is 6.03. The van der Waals surface area contributed by atoms with Gasteiger partial charge in [-0.15, -0.1) is 0 Å². The lowest BCUT2D eigenvalue weighted by Crippen LogP contribution is -2.25. The maximum absolute atomic E-state index is 12.0. The van der Waals surface area contributed by atoms with Crippen molar-refractivity contribution >= 4 is 29.3 Å². The normalized spacial score (nSPS) is 13.0. The van der Waals surface area contributed by atoms with E-state index in [-0.39, 0.29) is 18.4 Å². The molecule has 0 aromatic heterocycles. The maximum Gasteiger partial charge on any atom is 0.262 e. The zero-order chi connectivity index (χ0) is 16.9. The van der Waals surface area contributed by atoms with Gasteiger partial charge in [-0.1, -0.05) is 12.1 Å². The van der Waals surface area contributed by atoms with E-state index in [1.165, 1.54) is 6.08 Å². The largest absolute Gasteiger partial charge is 0.497 e. The van der Waals surface area contributed by atoms with Gasteiger partial charge in [0.05, 0.1) is 12.8 Å². The number of methoxy groups -OCH3 is 1. The van der Waals surface area contributed by atoms with Gasteiger partial charge in [-0.2, -0.15) is 0 Å². The molecule has 1 aliphatic rings. The van der Waals surface area contributed by atoms with Crippen LogP contribution in [0.5, 0.6) is 11.5 Å². The Hall–Kier alpha value is -3.28. The Balaban J connectivity index is 1.67. The number of benzene rings is 2. The van der Waals surface area contributed by atoms with Crippen molar-refractivity contribution in [2.45, 2.75) is 0 Å². The van der Waals surface area contributed by atoms with E-state index in [4.69, 9.17) is 9.47 Å². The molecule has 6 nitrogen and oxygen atoms in total. The van der Waals surface area contributed by atoms with Crippen LogP contribution < -0.4 is 20.1 Å². The molecule has 0 radical (unpaired) electrons. The molecule has 2 aromatic rings. The third kappa shape index (κ3) is 3.73. The Labute approximate surface area is 139 Å².